The van der Waals surface area contributed by atoms with Gasteiger partial charge in [-0.05, 0) is 11.4 Å². The van der Waals surface area contributed by atoms with Crippen LogP contribution in [-0.4, -0.2) is 17.3 Å². The molecule has 1 rings (SSSR count). The van der Waals surface area contributed by atoms with Crippen LogP contribution in [0.3, 0.4) is 0 Å². The Balaban J connectivity index is 2.76. The van der Waals surface area contributed by atoms with Crippen molar-refractivity contribution >= 4 is 28.5 Å². The average molecular weight is 199 g/mol. The third kappa shape index (κ3) is 2.85. The first-order valence-electron chi connectivity index (χ1n) is 3.51. The molecule has 1 amide bonds. The summed E-state index contributed by atoms with van der Waals surface area (Å²) in [6.45, 7) is 1.44. The zero-order valence-electron chi connectivity index (χ0n) is 6.94. The molecule has 1 heterocycles. The molecule has 0 aliphatic heterocycles. The van der Waals surface area contributed by atoms with Crippen LogP contribution in [-0.2, 0) is 4.79 Å². The average Bonchev–Trinajstić information content (AvgIpc) is 2.48. The van der Waals surface area contributed by atoms with E-state index in [2.05, 4.69) is 10.4 Å². The molecule has 0 atom stereocenters. The summed E-state index contributed by atoms with van der Waals surface area (Å²) in [6.07, 6.45) is 1.42. The first-order chi connectivity index (χ1) is 6.24. The van der Waals surface area contributed by atoms with Crippen molar-refractivity contribution in [2.75, 3.05) is 5.32 Å². The van der Waals surface area contributed by atoms with E-state index in [9.17, 15) is 4.79 Å². The molecule has 0 unspecified atom stereocenters. The van der Waals surface area contributed by atoms with Gasteiger partial charge in [-0.3, -0.25) is 10.0 Å². The van der Waals surface area contributed by atoms with E-state index in [-0.39, 0.29) is 5.91 Å². The van der Waals surface area contributed by atoms with Gasteiger partial charge in [-0.2, -0.15) is 10.7 Å². The second-order valence-corrected chi connectivity index (χ2v) is 3.16. The molecule has 0 spiro atoms. The summed E-state index contributed by atoms with van der Waals surface area (Å²) in [7, 11) is 0. The number of anilines is 1. The first kappa shape index (κ1) is 9.69. The summed E-state index contributed by atoms with van der Waals surface area (Å²) >= 11 is 1.40. The fourth-order valence-corrected chi connectivity index (χ4v) is 1.59. The van der Waals surface area contributed by atoms with Crippen LogP contribution in [0.1, 0.15) is 12.5 Å². The Morgan fingerprint density at radius 2 is 2.54 bits per heavy atom. The van der Waals surface area contributed by atoms with E-state index in [0.29, 0.717) is 5.00 Å². The molecule has 5 nitrogen and oxygen atoms in total. The number of amides is 1. The maximum atomic E-state index is 10.7. The van der Waals surface area contributed by atoms with Crippen molar-refractivity contribution in [2.45, 2.75) is 6.92 Å². The fourth-order valence-electron chi connectivity index (χ4n) is 0.781. The third-order valence-corrected chi connectivity index (χ3v) is 2.09. The lowest BCUT2D eigenvalue weighted by Gasteiger charge is -1.98. The van der Waals surface area contributed by atoms with E-state index in [0.717, 1.165) is 5.56 Å². The van der Waals surface area contributed by atoms with Gasteiger partial charge in [-0.25, -0.2) is 0 Å². The second-order valence-electron chi connectivity index (χ2n) is 2.24. The number of hydrazone groups is 1. The number of carbonyl (C=O) groups excluding carboxylic acids is 1. The SMILES string of the molecule is CC(=O)Nc1sccc1C=NNO. The predicted molar refractivity (Wildman–Crippen MR) is 51.1 cm³/mol. The predicted octanol–water partition coefficient (Wildman–Crippen LogP) is 1.02. The zero-order chi connectivity index (χ0) is 9.68. The van der Waals surface area contributed by atoms with Crippen molar-refractivity contribution in [3.63, 3.8) is 0 Å². The molecule has 0 aromatic carbocycles. The van der Waals surface area contributed by atoms with E-state index in [4.69, 9.17) is 5.21 Å². The van der Waals surface area contributed by atoms with E-state index in [1.54, 1.807) is 11.7 Å². The summed E-state index contributed by atoms with van der Waals surface area (Å²) in [4.78, 5) is 10.7. The van der Waals surface area contributed by atoms with Crippen molar-refractivity contribution in [3.05, 3.63) is 17.0 Å². The second kappa shape index (κ2) is 4.58. The van der Waals surface area contributed by atoms with E-state index < -0.39 is 0 Å². The van der Waals surface area contributed by atoms with Gasteiger partial charge in [0.25, 0.3) is 0 Å². The Kier molecular flexibility index (Phi) is 3.41. The van der Waals surface area contributed by atoms with Crippen molar-refractivity contribution in [1.29, 1.82) is 0 Å². The summed E-state index contributed by atoms with van der Waals surface area (Å²) in [6, 6.07) is 1.79. The lowest BCUT2D eigenvalue weighted by molar-refractivity contribution is -0.114. The van der Waals surface area contributed by atoms with Crippen molar-refractivity contribution in [3.8, 4) is 0 Å². The van der Waals surface area contributed by atoms with Crippen LogP contribution in [0, 0.1) is 0 Å². The van der Waals surface area contributed by atoms with E-state index in [1.165, 1.54) is 24.5 Å². The highest BCUT2D eigenvalue weighted by Gasteiger charge is 2.02. The summed E-state index contributed by atoms with van der Waals surface area (Å²) in [5.41, 5.74) is 2.40. The molecule has 1 aromatic rings. The maximum absolute atomic E-state index is 10.7. The molecule has 0 saturated carbocycles. The summed E-state index contributed by atoms with van der Waals surface area (Å²) < 4.78 is 0. The minimum atomic E-state index is -0.131. The number of carbonyl (C=O) groups is 1. The molecule has 70 valence electrons. The van der Waals surface area contributed by atoms with Crippen LogP contribution in [0.15, 0.2) is 16.5 Å². The maximum Gasteiger partial charge on any atom is 0.221 e. The fraction of sp³-hybridized carbons (Fsp3) is 0.143. The van der Waals surface area contributed by atoms with Gasteiger partial charge in [0, 0.05) is 12.5 Å². The molecule has 13 heavy (non-hydrogen) atoms. The van der Waals surface area contributed by atoms with Gasteiger partial charge < -0.3 is 5.32 Å². The van der Waals surface area contributed by atoms with Crippen molar-refractivity contribution in [2.24, 2.45) is 5.10 Å². The van der Waals surface area contributed by atoms with Crippen LogP contribution in [0.2, 0.25) is 0 Å². The molecule has 0 radical (unpaired) electrons. The Labute approximate surface area is 79.0 Å². The normalized spacial score (nSPS) is 10.3. The Morgan fingerprint density at radius 1 is 1.77 bits per heavy atom. The van der Waals surface area contributed by atoms with Crippen molar-refractivity contribution < 1.29 is 10.0 Å². The van der Waals surface area contributed by atoms with E-state index in [1.807, 2.05) is 5.38 Å². The lowest BCUT2D eigenvalue weighted by atomic mass is 10.3. The molecular weight excluding hydrogens is 190 g/mol. The lowest BCUT2D eigenvalue weighted by Crippen LogP contribution is -2.06. The van der Waals surface area contributed by atoms with Crippen molar-refractivity contribution in [1.82, 2.24) is 5.59 Å². The van der Waals surface area contributed by atoms with Crippen LogP contribution in [0.4, 0.5) is 5.00 Å². The Hall–Kier alpha value is -1.40. The zero-order valence-corrected chi connectivity index (χ0v) is 7.76. The highest BCUT2D eigenvalue weighted by Crippen LogP contribution is 2.21. The number of hydrogen-bond acceptors (Lipinski definition) is 5. The van der Waals surface area contributed by atoms with Gasteiger partial charge in [0.1, 0.15) is 5.00 Å². The number of rotatable bonds is 3. The minimum Gasteiger partial charge on any atom is -0.317 e. The summed E-state index contributed by atoms with van der Waals surface area (Å²) in [5, 5.41) is 16.8. The quantitative estimate of drug-likeness (QED) is 0.502. The van der Waals surface area contributed by atoms with Crippen LogP contribution in [0.5, 0.6) is 0 Å². The van der Waals surface area contributed by atoms with Gasteiger partial charge >= 0.3 is 0 Å². The Morgan fingerprint density at radius 3 is 3.15 bits per heavy atom. The first-order valence-corrected chi connectivity index (χ1v) is 4.39. The smallest absolute Gasteiger partial charge is 0.221 e. The van der Waals surface area contributed by atoms with E-state index >= 15 is 0 Å². The topological polar surface area (TPSA) is 73.7 Å². The molecule has 0 bridgehead atoms. The highest BCUT2D eigenvalue weighted by atomic mass is 32.1. The van der Waals surface area contributed by atoms with Gasteiger partial charge in [-0.15, -0.1) is 11.3 Å². The number of hydrogen-bond donors (Lipinski definition) is 3. The molecule has 0 fully saturated rings. The van der Waals surface area contributed by atoms with Gasteiger partial charge in [0.2, 0.25) is 5.91 Å². The van der Waals surface area contributed by atoms with Crippen LogP contribution in [0.25, 0.3) is 0 Å². The third-order valence-electron chi connectivity index (χ3n) is 1.25. The number of nitrogens with one attached hydrogen (secondary N) is 2. The minimum absolute atomic E-state index is 0.131. The van der Waals surface area contributed by atoms with Gasteiger partial charge in [-0.1, -0.05) is 0 Å². The monoisotopic (exact) mass is 199 g/mol. The Bertz CT molecular complexity index is 321. The largest absolute Gasteiger partial charge is 0.317 e. The molecule has 6 heteroatoms. The number of nitrogens with zero attached hydrogens (tertiary/aromatic N) is 1. The standard InChI is InChI=1S/C7H9N3O2S/c1-5(11)9-7-6(2-3-13-7)4-8-10-12/h2-4,10,12H,1H3,(H,9,11). The van der Waals surface area contributed by atoms with Gasteiger partial charge in [0.05, 0.1) is 6.21 Å². The van der Waals surface area contributed by atoms with Crippen LogP contribution >= 0.6 is 11.3 Å². The molecule has 0 aliphatic rings. The molecule has 0 aliphatic carbocycles. The molecule has 0 saturated heterocycles. The highest BCUT2D eigenvalue weighted by molar-refractivity contribution is 7.14. The molecule has 1 aromatic heterocycles. The summed E-state index contributed by atoms with van der Waals surface area (Å²) in [5.74, 6) is -0.131. The molecule has 3 N–H and O–H groups in total. The van der Waals surface area contributed by atoms with Crippen LogP contribution < -0.4 is 10.9 Å². The molecular formula is C7H9N3O2S. The van der Waals surface area contributed by atoms with Gasteiger partial charge in [0.15, 0.2) is 0 Å². The number of thiophene rings is 1.